The highest BCUT2D eigenvalue weighted by molar-refractivity contribution is 7.26. The summed E-state index contributed by atoms with van der Waals surface area (Å²) in [5.74, 6) is 1.95. The number of thiophene rings is 1. The van der Waals surface area contributed by atoms with Crippen molar-refractivity contribution in [2.45, 2.75) is 0 Å². The van der Waals surface area contributed by atoms with Crippen LogP contribution >= 0.6 is 11.3 Å². The molecule has 0 aliphatic heterocycles. The van der Waals surface area contributed by atoms with E-state index in [0.29, 0.717) is 17.5 Å². The number of hydrogen-bond donors (Lipinski definition) is 0. The Labute approximate surface area is 288 Å². The summed E-state index contributed by atoms with van der Waals surface area (Å²) in [6.07, 6.45) is 0. The van der Waals surface area contributed by atoms with Crippen molar-refractivity contribution in [3.63, 3.8) is 0 Å². The summed E-state index contributed by atoms with van der Waals surface area (Å²) in [5, 5.41) is 2.58. The van der Waals surface area contributed by atoms with Gasteiger partial charge in [0.05, 0.1) is 0 Å². The van der Waals surface area contributed by atoms with Gasteiger partial charge in [-0.2, -0.15) is 0 Å². The van der Waals surface area contributed by atoms with Crippen LogP contribution in [0, 0.1) is 0 Å². The van der Waals surface area contributed by atoms with Gasteiger partial charge in [-0.15, -0.1) is 11.3 Å². The molecular formula is C45H29N3S. The molecule has 3 nitrogen and oxygen atoms in total. The second-order valence-corrected chi connectivity index (χ2v) is 13.1. The van der Waals surface area contributed by atoms with Crippen LogP contribution in [0.4, 0.5) is 0 Å². The predicted molar refractivity (Wildman–Crippen MR) is 205 cm³/mol. The second-order valence-electron chi connectivity index (χ2n) is 12.1. The zero-order chi connectivity index (χ0) is 32.6. The molecule has 0 aliphatic rings. The normalized spacial score (nSPS) is 11.3. The van der Waals surface area contributed by atoms with Gasteiger partial charge in [0.2, 0.25) is 0 Å². The van der Waals surface area contributed by atoms with Crippen molar-refractivity contribution >= 4 is 31.5 Å². The summed E-state index contributed by atoms with van der Waals surface area (Å²) in [4.78, 5) is 14.9. The van der Waals surface area contributed by atoms with E-state index in [1.54, 1.807) is 0 Å². The van der Waals surface area contributed by atoms with Gasteiger partial charge in [0, 0.05) is 36.9 Å². The molecule has 49 heavy (non-hydrogen) atoms. The van der Waals surface area contributed by atoms with Crippen molar-refractivity contribution in [1.29, 1.82) is 0 Å². The van der Waals surface area contributed by atoms with E-state index in [1.165, 1.54) is 42.4 Å². The van der Waals surface area contributed by atoms with Crippen molar-refractivity contribution in [3.05, 3.63) is 176 Å². The Morgan fingerprint density at radius 3 is 1.31 bits per heavy atom. The SMILES string of the molecule is c1ccc(-c2ccc(-c3nc(-c4ccccc4)nc(-c4ccc(-c5cccc6sc7cc(-c8ccccc8)ccc7c56)cc4)n3)cc2)cc1. The largest absolute Gasteiger partial charge is 0.208 e. The van der Waals surface area contributed by atoms with E-state index in [2.05, 4.69) is 140 Å². The maximum absolute atomic E-state index is 5.00. The van der Waals surface area contributed by atoms with Gasteiger partial charge in [-0.05, 0) is 45.5 Å². The minimum atomic E-state index is 0.648. The monoisotopic (exact) mass is 643 g/mol. The highest BCUT2D eigenvalue weighted by Crippen LogP contribution is 2.41. The third-order valence-electron chi connectivity index (χ3n) is 8.98. The van der Waals surface area contributed by atoms with Crippen molar-refractivity contribution in [2.24, 2.45) is 0 Å². The van der Waals surface area contributed by atoms with Gasteiger partial charge in [-0.1, -0.05) is 164 Å². The number of nitrogens with zero attached hydrogens (tertiary/aromatic N) is 3. The van der Waals surface area contributed by atoms with E-state index in [-0.39, 0.29) is 0 Å². The minimum absolute atomic E-state index is 0.648. The number of hydrogen-bond acceptors (Lipinski definition) is 4. The van der Waals surface area contributed by atoms with Gasteiger partial charge >= 0.3 is 0 Å². The molecule has 0 unspecified atom stereocenters. The fraction of sp³-hybridized carbons (Fsp3) is 0. The van der Waals surface area contributed by atoms with E-state index in [4.69, 9.17) is 15.0 Å². The highest BCUT2D eigenvalue weighted by atomic mass is 32.1. The van der Waals surface area contributed by atoms with Crippen LogP contribution in [0.5, 0.6) is 0 Å². The highest BCUT2D eigenvalue weighted by Gasteiger charge is 2.15. The molecule has 9 aromatic rings. The van der Waals surface area contributed by atoms with Crippen LogP contribution in [0.3, 0.4) is 0 Å². The third-order valence-corrected chi connectivity index (χ3v) is 10.1. The lowest BCUT2D eigenvalue weighted by Gasteiger charge is -2.10. The standard InChI is InChI=1S/C45H29N3S/c1-4-11-30(12-5-1)32-19-23-35(24-20-32)44-46-43(34-15-8-3-9-16-34)47-45(48-44)36-25-21-33(22-26-36)38-17-10-18-40-42(38)39-28-27-37(29-41(39)49-40)31-13-6-2-7-14-31/h1-29H. The molecule has 0 atom stereocenters. The third kappa shape index (κ3) is 5.58. The first-order valence-corrected chi connectivity index (χ1v) is 17.2. The molecule has 0 spiro atoms. The van der Waals surface area contributed by atoms with E-state index >= 15 is 0 Å². The summed E-state index contributed by atoms with van der Waals surface area (Å²) in [6, 6.07) is 61.6. The van der Waals surface area contributed by atoms with Crippen molar-refractivity contribution in [1.82, 2.24) is 15.0 Å². The summed E-state index contributed by atoms with van der Waals surface area (Å²) in [6.45, 7) is 0. The van der Waals surface area contributed by atoms with Crippen LogP contribution in [0.2, 0.25) is 0 Å². The first-order chi connectivity index (χ1) is 24.3. The number of fused-ring (bicyclic) bond motifs is 3. The quantitative estimate of drug-likeness (QED) is 0.181. The van der Waals surface area contributed by atoms with E-state index in [0.717, 1.165) is 27.8 Å². The van der Waals surface area contributed by atoms with Crippen LogP contribution in [-0.2, 0) is 0 Å². The first-order valence-electron chi connectivity index (χ1n) is 16.4. The summed E-state index contributed by atoms with van der Waals surface area (Å²) >= 11 is 1.85. The van der Waals surface area contributed by atoms with E-state index in [1.807, 2.05) is 47.7 Å². The van der Waals surface area contributed by atoms with Gasteiger partial charge in [0.25, 0.3) is 0 Å². The Morgan fingerprint density at radius 1 is 0.306 bits per heavy atom. The Morgan fingerprint density at radius 2 is 0.735 bits per heavy atom. The molecule has 0 saturated heterocycles. The van der Waals surface area contributed by atoms with Crippen molar-refractivity contribution in [2.75, 3.05) is 0 Å². The van der Waals surface area contributed by atoms with Crippen LogP contribution < -0.4 is 0 Å². The summed E-state index contributed by atoms with van der Waals surface area (Å²) in [5.41, 5.74) is 10.0. The molecule has 0 saturated carbocycles. The van der Waals surface area contributed by atoms with Crippen LogP contribution in [0.1, 0.15) is 0 Å². The van der Waals surface area contributed by atoms with Crippen molar-refractivity contribution < 1.29 is 0 Å². The zero-order valence-corrected chi connectivity index (χ0v) is 27.3. The molecule has 9 rings (SSSR count). The Balaban J connectivity index is 1.10. The van der Waals surface area contributed by atoms with Gasteiger partial charge in [-0.3, -0.25) is 0 Å². The molecule has 0 N–H and O–H groups in total. The van der Waals surface area contributed by atoms with Crippen LogP contribution in [0.15, 0.2) is 176 Å². The number of rotatable bonds is 6. The summed E-state index contributed by atoms with van der Waals surface area (Å²) in [7, 11) is 0. The fourth-order valence-electron chi connectivity index (χ4n) is 6.47. The van der Waals surface area contributed by atoms with Gasteiger partial charge in [0.1, 0.15) is 0 Å². The fourth-order valence-corrected chi connectivity index (χ4v) is 7.64. The summed E-state index contributed by atoms with van der Waals surface area (Å²) < 4.78 is 2.58. The molecule has 0 aliphatic carbocycles. The Hall–Kier alpha value is -6.23. The smallest absolute Gasteiger partial charge is 0.164 e. The topological polar surface area (TPSA) is 38.7 Å². The van der Waals surface area contributed by atoms with Gasteiger partial charge in [-0.25, -0.2) is 15.0 Å². The van der Waals surface area contributed by atoms with Crippen LogP contribution in [-0.4, -0.2) is 15.0 Å². The lowest BCUT2D eigenvalue weighted by molar-refractivity contribution is 1.07. The molecule has 0 amide bonds. The molecule has 0 radical (unpaired) electrons. The molecule has 0 fully saturated rings. The van der Waals surface area contributed by atoms with Crippen LogP contribution in [0.25, 0.3) is 87.7 Å². The van der Waals surface area contributed by atoms with Gasteiger partial charge < -0.3 is 0 Å². The van der Waals surface area contributed by atoms with Gasteiger partial charge in [0.15, 0.2) is 17.5 Å². The lowest BCUT2D eigenvalue weighted by Crippen LogP contribution is -2.00. The lowest BCUT2D eigenvalue weighted by atomic mass is 9.97. The minimum Gasteiger partial charge on any atom is -0.208 e. The maximum atomic E-state index is 5.00. The average molecular weight is 644 g/mol. The zero-order valence-electron chi connectivity index (χ0n) is 26.5. The molecule has 4 heteroatoms. The predicted octanol–water partition coefficient (Wildman–Crippen LogP) is 12.2. The number of aromatic nitrogens is 3. The van der Waals surface area contributed by atoms with E-state index < -0.39 is 0 Å². The molecule has 230 valence electrons. The molecule has 2 heterocycles. The average Bonchev–Trinajstić information content (AvgIpc) is 3.57. The molecule has 2 aromatic heterocycles. The maximum Gasteiger partial charge on any atom is 0.164 e. The molecule has 7 aromatic carbocycles. The first kappa shape index (κ1) is 29.0. The molecular weight excluding hydrogens is 615 g/mol. The Kier molecular flexibility index (Phi) is 7.34. The molecule has 0 bridgehead atoms. The van der Waals surface area contributed by atoms with E-state index in [9.17, 15) is 0 Å². The Bertz CT molecular complexity index is 2560. The van der Waals surface area contributed by atoms with Crippen molar-refractivity contribution in [3.8, 4) is 67.5 Å². The number of benzene rings is 7. The second kappa shape index (κ2) is 12.4.